The van der Waals surface area contributed by atoms with Gasteiger partial charge >= 0.3 is 0 Å². The van der Waals surface area contributed by atoms with Crippen molar-refractivity contribution in [1.29, 1.82) is 0 Å². The average molecular weight is 248 g/mol. The van der Waals surface area contributed by atoms with Crippen molar-refractivity contribution in [3.05, 3.63) is 0 Å². The minimum Gasteiger partial charge on any atom is -0.396 e. The molecule has 2 nitrogen and oxygen atoms in total. The zero-order valence-electron chi connectivity index (χ0n) is 9.07. The van der Waals surface area contributed by atoms with Gasteiger partial charge in [-0.3, -0.25) is 0 Å². The van der Waals surface area contributed by atoms with Crippen LogP contribution < -0.4 is 0 Å². The molecule has 1 unspecified atom stereocenters. The molecule has 0 radical (unpaired) electrons. The van der Waals surface area contributed by atoms with E-state index in [1.54, 1.807) is 0 Å². The van der Waals surface area contributed by atoms with Gasteiger partial charge in [0.1, 0.15) is 0 Å². The number of hydrogen-bond acceptors (Lipinski definition) is 4. The standard InChI is InChI=1S/C11H20O2S2/c12-8-10(2-1-5-15-9-10)11(13)3-6-14-7-4-11/h12-13H,1-9H2. The van der Waals surface area contributed by atoms with Gasteiger partial charge in [0.2, 0.25) is 0 Å². The summed E-state index contributed by atoms with van der Waals surface area (Å²) in [5.41, 5.74) is -0.808. The Morgan fingerprint density at radius 1 is 1.00 bits per heavy atom. The number of aliphatic hydroxyl groups excluding tert-OH is 1. The topological polar surface area (TPSA) is 40.5 Å². The van der Waals surface area contributed by atoms with Crippen LogP contribution >= 0.6 is 23.5 Å². The van der Waals surface area contributed by atoms with Crippen molar-refractivity contribution < 1.29 is 10.2 Å². The molecule has 4 heteroatoms. The highest BCUT2D eigenvalue weighted by Crippen LogP contribution is 2.48. The second kappa shape index (κ2) is 4.86. The summed E-state index contributed by atoms with van der Waals surface area (Å²) in [6.45, 7) is 0.154. The van der Waals surface area contributed by atoms with Crippen molar-refractivity contribution in [2.45, 2.75) is 31.3 Å². The first-order valence-corrected chi connectivity index (χ1v) is 8.02. The fourth-order valence-corrected chi connectivity index (χ4v) is 5.29. The van der Waals surface area contributed by atoms with Crippen molar-refractivity contribution in [3.63, 3.8) is 0 Å². The van der Waals surface area contributed by atoms with Crippen LogP contribution in [0.5, 0.6) is 0 Å². The third kappa shape index (κ3) is 2.19. The summed E-state index contributed by atoms with van der Waals surface area (Å²) in [5.74, 6) is 4.21. The Hall–Kier alpha value is 0.620. The monoisotopic (exact) mass is 248 g/mol. The lowest BCUT2D eigenvalue weighted by molar-refractivity contribution is -0.108. The van der Waals surface area contributed by atoms with E-state index in [1.165, 1.54) is 5.75 Å². The maximum absolute atomic E-state index is 10.8. The maximum atomic E-state index is 10.8. The number of thioether (sulfide) groups is 2. The highest BCUT2D eigenvalue weighted by atomic mass is 32.2. The van der Waals surface area contributed by atoms with E-state index >= 15 is 0 Å². The summed E-state index contributed by atoms with van der Waals surface area (Å²) in [6, 6.07) is 0. The van der Waals surface area contributed by atoms with Gasteiger partial charge in [0.25, 0.3) is 0 Å². The van der Waals surface area contributed by atoms with Gasteiger partial charge in [0.05, 0.1) is 12.2 Å². The van der Waals surface area contributed by atoms with Crippen LogP contribution in [0.1, 0.15) is 25.7 Å². The van der Waals surface area contributed by atoms with Crippen molar-refractivity contribution in [3.8, 4) is 0 Å². The van der Waals surface area contributed by atoms with Crippen LogP contribution in [0.4, 0.5) is 0 Å². The van der Waals surface area contributed by atoms with E-state index in [1.807, 2.05) is 23.5 Å². The van der Waals surface area contributed by atoms with Crippen LogP contribution in [0, 0.1) is 5.41 Å². The molecule has 2 heterocycles. The first-order chi connectivity index (χ1) is 7.22. The Balaban J connectivity index is 2.15. The summed E-state index contributed by atoms with van der Waals surface area (Å²) >= 11 is 3.81. The summed E-state index contributed by atoms with van der Waals surface area (Å²) in [7, 11) is 0. The van der Waals surface area contributed by atoms with Gasteiger partial charge < -0.3 is 10.2 Å². The second-order valence-corrected chi connectivity index (χ2v) is 7.07. The number of rotatable bonds is 2. The van der Waals surface area contributed by atoms with E-state index in [-0.39, 0.29) is 12.0 Å². The molecule has 2 rings (SSSR count). The van der Waals surface area contributed by atoms with E-state index in [2.05, 4.69) is 0 Å². The Labute approximate surface area is 100 Å². The van der Waals surface area contributed by atoms with E-state index in [4.69, 9.17) is 0 Å². The fraction of sp³-hybridized carbons (Fsp3) is 1.00. The SMILES string of the molecule is OCC1(C2(O)CCSCC2)CCCSC1. The van der Waals surface area contributed by atoms with Gasteiger partial charge in [-0.15, -0.1) is 0 Å². The second-order valence-electron chi connectivity index (χ2n) is 4.74. The van der Waals surface area contributed by atoms with E-state index in [0.717, 1.165) is 42.9 Å². The Morgan fingerprint density at radius 3 is 2.27 bits per heavy atom. The van der Waals surface area contributed by atoms with Crippen LogP contribution in [-0.4, -0.2) is 45.4 Å². The third-order valence-electron chi connectivity index (χ3n) is 3.93. The molecule has 2 aliphatic rings. The largest absolute Gasteiger partial charge is 0.396 e. The van der Waals surface area contributed by atoms with E-state index < -0.39 is 5.60 Å². The molecule has 2 fully saturated rings. The van der Waals surface area contributed by atoms with Crippen LogP contribution in [0.2, 0.25) is 0 Å². The molecule has 0 aromatic carbocycles. The Kier molecular flexibility index (Phi) is 3.92. The van der Waals surface area contributed by atoms with Crippen LogP contribution in [0.25, 0.3) is 0 Å². The molecule has 0 aromatic rings. The zero-order valence-corrected chi connectivity index (χ0v) is 10.7. The minimum atomic E-state index is -0.597. The van der Waals surface area contributed by atoms with Gasteiger partial charge in [-0.1, -0.05) is 0 Å². The summed E-state index contributed by atoms with van der Waals surface area (Å²) < 4.78 is 0. The zero-order chi connectivity index (χ0) is 10.8. The number of aliphatic hydroxyl groups is 2. The lowest BCUT2D eigenvalue weighted by atomic mass is 9.67. The molecule has 0 aliphatic carbocycles. The molecule has 0 spiro atoms. The summed E-state index contributed by atoms with van der Waals surface area (Å²) in [6.07, 6.45) is 3.86. The van der Waals surface area contributed by atoms with Gasteiger partial charge in [-0.2, -0.15) is 23.5 Å². The first-order valence-electron chi connectivity index (χ1n) is 5.71. The molecular formula is C11H20O2S2. The molecule has 2 N–H and O–H groups in total. The molecule has 0 saturated carbocycles. The molecule has 0 aromatic heterocycles. The third-order valence-corrected chi connectivity index (χ3v) is 6.25. The van der Waals surface area contributed by atoms with Crippen molar-refractivity contribution in [2.24, 2.45) is 5.41 Å². The van der Waals surface area contributed by atoms with Gasteiger partial charge in [-0.25, -0.2) is 0 Å². The molecule has 1 atom stereocenters. The minimum absolute atomic E-state index is 0.154. The van der Waals surface area contributed by atoms with Crippen LogP contribution in [0.15, 0.2) is 0 Å². The molecule has 15 heavy (non-hydrogen) atoms. The lowest BCUT2D eigenvalue weighted by Crippen LogP contribution is -2.55. The van der Waals surface area contributed by atoms with Crippen LogP contribution in [-0.2, 0) is 0 Å². The van der Waals surface area contributed by atoms with Crippen molar-refractivity contribution in [1.82, 2.24) is 0 Å². The highest BCUT2D eigenvalue weighted by Gasteiger charge is 2.50. The van der Waals surface area contributed by atoms with Gasteiger partial charge in [0, 0.05) is 11.2 Å². The highest BCUT2D eigenvalue weighted by molar-refractivity contribution is 7.99. The average Bonchev–Trinajstić information content (AvgIpc) is 2.31. The van der Waals surface area contributed by atoms with Gasteiger partial charge in [0.15, 0.2) is 0 Å². The van der Waals surface area contributed by atoms with E-state index in [9.17, 15) is 10.2 Å². The smallest absolute Gasteiger partial charge is 0.0749 e. The molecule has 0 amide bonds. The predicted molar refractivity (Wildman–Crippen MR) is 67.6 cm³/mol. The molecular weight excluding hydrogens is 228 g/mol. The van der Waals surface area contributed by atoms with Gasteiger partial charge in [-0.05, 0) is 42.9 Å². The maximum Gasteiger partial charge on any atom is 0.0749 e. The molecule has 88 valence electrons. The molecule has 2 aliphatic heterocycles. The van der Waals surface area contributed by atoms with Crippen molar-refractivity contribution >= 4 is 23.5 Å². The normalized spacial score (nSPS) is 36.4. The molecule has 2 saturated heterocycles. The summed E-state index contributed by atoms with van der Waals surface area (Å²) in [4.78, 5) is 0. The van der Waals surface area contributed by atoms with Crippen molar-refractivity contribution in [2.75, 3.05) is 29.6 Å². The lowest BCUT2D eigenvalue weighted by Gasteiger charge is -2.50. The number of hydrogen-bond donors (Lipinski definition) is 2. The Bertz CT molecular complexity index is 209. The molecule has 0 bridgehead atoms. The summed E-state index contributed by atoms with van der Waals surface area (Å²) in [5, 5.41) is 20.4. The van der Waals surface area contributed by atoms with Crippen LogP contribution in [0.3, 0.4) is 0 Å². The fourth-order valence-electron chi connectivity index (χ4n) is 2.73. The quantitative estimate of drug-likeness (QED) is 0.781. The Morgan fingerprint density at radius 2 is 1.73 bits per heavy atom. The van der Waals surface area contributed by atoms with E-state index in [0.29, 0.717) is 0 Å². The first kappa shape index (κ1) is 12.1. The predicted octanol–water partition coefficient (Wildman–Crippen LogP) is 1.75.